The Kier molecular flexibility index (Phi) is 4.72. The van der Waals surface area contributed by atoms with E-state index in [1.807, 2.05) is 19.0 Å². The molecule has 0 saturated carbocycles. The van der Waals surface area contributed by atoms with E-state index in [-0.39, 0.29) is 12.8 Å². The van der Waals surface area contributed by atoms with E-state index in [2.05, 4.69) is 15.6 Å². The van der Waals surface area contributed by atoms with Crippen LogP contribution in [-0.4, -0.2) is 57.5 Å². The van der Waals surface area contributed by atoms with Crippen LogP contribution in [0.5, 0.6) is 0 Å². The Morgan fingerprint density at radius 2 is 2.00 bits per heavy atom. The van der Waals surface area contributed by atoms with E-state index in [4.69, 9.17) is 0 Å². The van der Waals surface area contributed by atoms with Crippen LogP contribution in [0.2, 0.25) is 0 Å². The first kappa shape index (κ1) is 16.7. The maximum absolute atomic E-state index is 12.7. The Morgan fingerprint density at radius 3 is 2.55 bits per heavy atom. The second kappa shape index (κ2) is 6.21. The van der Waals surface area contributed by atoms with Crippen molar-refractivity contribution in [3.63, 3.8) is 0 Å². The molecule has 1 aromatic rings. The van der Waals surface area contributed by atoms with E-state index in [0.717, 1.165) is 6.26 Å². The van der Waals surface area contributed by atoms with Gasteiger partial charge in [0.25, 0.3) is 0 Å². The van der Waals surface area contributed by atoms with Gasteiger partial charge in [0, 0.05) is 38.3 Å². The van der Waals surface area contributed by atoms with Gasteiger partial charge < -0.3 is 15.5 Å². The molecule has 0 spiro atoms. The highest BCUT2D eigenvalue weighted by atomic mass is 32.2. The highest BCUT2D eigenvalue weighted by Gasteiger charge is 2.48. The average Bonchev–Trinajstić information content (AvgIpc) is 2.47. The van der Waals surface area contributed by atoms with Crippen LogP contribution in [0.15, 0.2) is 18.3 Å². The van der Waals surface area contributed by atoms with Gasteiger partial charge in [0.05, 0.1) is 0 Å². The molecule has 2 N–H and O–H groups in total. The zero-order valence-electron chi connectivity index (χ0n) is 13.1. The van der Waals surface area contributed by atoms with Crippen LogP contribution in [0.1, 0.15) is 12.8 Å². The molecular weight excluding hydrogens is 304 g/mol. The zero-order valence-corrected chi connectivity index (χ0v) is 13.9. The fourth-order valence-corrected chi connectivity index (χ4v) is 3.92. The van der Waals surface area contributed by atoms with Crippen LogP contribution in [0.4, 0.5) is 11.5 Å². The lowest BCUT2D eigenvalue weighted by atomic mass is 9.95. The number of aromatic nitrogens is 1. The Labute approximate surface area is 131 Å². The van der Waals surface area contributed by atoms with Crippen molar-refractivity contribution in [1.82, 2.24) is 10.3 Å². The third-order valence-corrected chi connectivity index (χ3v) is 6.01. The van der Waals surface area contributed by atoms with Crippen LogP contribution in [-0.2, 0) is 14.6 Å². The fraction of sp³-hybridized carbons (Fsp3) is 0.571. The van der Waals surface area contributed by atoms with E-state index < -0.39 is 20.5 Å². The van der Waals surface area contributed by atoms with Crippen molar-refractivity contribution in [3.8, 4) is 0 Å². The molecule has 0 aliphatic carbocycles. The maximum Gasteiger partial charge on any atom is 0.245 e. The molecule has 0 atom stereocenters. The van der Waals surface area contributed by atoms with E-state index in [9.17, 15) is 13.2 Å². The van der Waals surface area contributed by atoms with Gasteiger partial charge in [-0.25, -0.2) is 13.4 Å². The molecular formula is C14H22N4O3S. The quantitative estimate of drug-likeness (QED) is 0.824. The molecule has 2 rings (SSSR count). The van der Waals surface area contributed by atoms with Crippen molar-refractivity contribution in [2.45, 2.75) is 17.6 Å². The van der Waals surface area contributed by atoms with Gasteiger partial charge in [0.1, 0.15) is 5.82 Å². The minimum atomic E-state index is -3.51. The number of hydrogen-bond donors (Lipinski definition) is 2. The van der Waals surface area contributed by atoms with E-state index >= 15 is 0 Å². The summed E-state index contributed by atoms with van der Waals surface area (Å²) in [6.45, 7) is 1.03. The van der Waals surface area contributed by atoms with Crippen molar-refractivity contribution in [1.29, 1.82) is 0 Å². The van der Waals surface area contributed by atoms with Gasteiger partial charge in [0.2, 0.25) is 5.91 Å². The molecule has 0 unspecified atom stereocenters. The number of carbonyl (C=O) groups excluding carboxylic acids is 1. The van der Waals surface area contributed by atoms with Crippen LogP contribution >= 0.6 is 0 Å². The van der Waals surface area contributed by atoms with Gasteiger partial charge in [-0.2, -0.15) is 0 Å². The molecule has 22 heavy (non-hydrogen) atoms. The molecule has 1 aromatic heterocycles. The number of amides is 1. The lowest BCUT2D eigenvalue weighted by Crippen LogP contribution is -2.55. The molecule has 8 heteroatoms. The minimum Gasteiger partial charge on any atom is -0.363 e. The normalized spacial score (nSPS) is 17.8. The van der Waals surface area contributed by atoms with E-state index in [0.29, 0.717) is 24.6 Å². The number of nitrogens with zero attached hydrogens (tertiary/aromatic N) is 2. The Balaban J connectivity index is 2.28. The lowest BCUT2D eigenvalue weighted by molar-refractivity contribution is -0.119. The number of piperidine rings is 1. The number of pyridine rings is 1. The molecule has 1 fully saturated rings. The molecule has 7 nitrogen and oxygen atoms in total. The van der Waals surface area contributed by atoms with E-state index in [1.165, 1.54) is 0 Å². The number of sulfone groups is 1. The summed E-state index contributed by atoms with van der Waals surface area (Å²) in [4.78, 5) is 18.6. The highest BCUT2D eigenvalue weighted by Crippen LogP contribution is 2.29. The molecule has 2 heterocycles. The second-order valence-corrected chi connectivity index (χ2v) is 8.09. The first-order chi connectivity index (χ1) is 10.3. The number of nitrogens with one attached hydrogen (secondary N) is 2. The highest BCUT2D eigenvalue weighted by molar-refractivity contribution is 7.92. The van der Waals surface area contributed by atoms with Crippen molar-refractivity contribution in [2.24, 2.45) is 0 Å². The maximum atomic E-state index is 12.7. The van der Waals surface area contributed by atoms with Crippen LogP contribution < -0.4 is 15.5 Å². The number of rotatable bonds is 4. The van der Waals surface area contributed by atoms with Crippen LogP contribution in [0, 0.1) is 0 Å². The predicted octanol–water partition coefficient (Wildman–Crippen LogP) is 0.253. The molecule has 1 aliphatic heterocycles. The van der Waals surface area contributed by atoms with Crippen molar-refractivity contribution < 1.29 is 13.2 Å². The Bertz CT molecular complexity index is 652. The summed E-state index contributed by atoms with van der Waals surface area (Å²) < 4.78 is 23.1. The van der Waals surface area contributed by atoms with Gasteiger partial charge in [-0.3, -0.25) is 4.79 Å². The number of anilines is 2. The lowest BCUT2D eigenvalue weighted by Gasteiger charge is -2.34. The summed E-state index contributed by atoms with van der Waals surface area (Å²) in [5.74, 6) is 0.226. The van der Waals surface area contributed by atoms with Gasteiger partial charge in [-0.1, -0.05) is 0 Å². The van der Waals surface area contributed by atoms with Crippen molar-refractivity contribution in [2.75, 3.05) is 43.7 Å². The minimum absolute atomic E-state index is 0.281. The fourth-order valence-electron chi connectivity index (χ4n) is 2.58. The van der Waals surface area contributed by atoms with Gasteiger partial charge in [-0.15, -0.1) is 0 Å². The van der Waals surface area contributed by atoms with Crippen molar-refractivity contribution >= 4 is 27.2 Å². The van der Waals surface area contributed by atoms with Gasteiger partial charge in [-0.05, 0) is 32.0 Å². The smallest absolute Gasteiger partial charge is 0.245 e. The summed E-state index contributed by atoms with van der Waals surface area (Å²) >= 11 is 0. The molecule has 0 aromatic carbocycles. The topological polar surface area (TPSA) is 91.4 Å². The zero-order chi connectivity index (χ0) is 16.4. The molecule has 0 radical (unpaired) electrons. The number of carbonyl (C=O) groups is 1. The first-order valence-corrected chi connectivity index (χ1v) is 9.00. The average molecular weight is 326 g/mol. The Morgan fingerprint density at radius 1 is 1.36 bits per heavy atom. The molecule has 1 amide bonds. The first-order valence-electron chi connectivity index (χ1n) is 7.11. The molecule has 1 saturated heterocycles. The third-order valence-electron chi connectivity index (χ3n) is 4.00. The monoisotopic (exact) mass is 326 g/mol. The van der Waals surface area contributed by atoms with Crippen LogP contribution in [0.25, 0.3) is 0 Å². The second-order valence-electron chi connectivity index (χ2n) is 5.77. The molecule has 1 aliphatic rings. The summed E-state index contributed by atoms with van der Waals surface area (Å²) in [5, 5.41) is 5.83. The predicted molar refractivity (Wildman–Crippen MR) is 86.9 cm³/mol. The summed E-state index contributed by atoms with van der Waals surface area (Å²) in [6.07, 6.45) is 3.28. The number of hydrogen-bond acceptors (Lipinski definition) is 6. The molecule has 122 valence electrons. The van der Waals surface area contributed by atoms with Gasteiger partial charge >= 0.3 is 0 Å². The standard InChI is InChI=1S/C14H22N4O3S/c1-18(2)12-10-11(4-7-16-12)17-13(19)14(22(3,20)21)5-8-15-9-6-14/h4,7,10,15H,5-6,8-9H2,1-3H3,(H,16,17,19). The molecule has 0 bridgehead atoms. The SMILES string of the molecule is CN(C)c1cc(NC(=O)C2(S(C)(=O)=O)CCNCC2)ccn1. The summed E-state index contributed by atoms with van der Waals surface area (Å²) in [6, 6.07) is 3.37. The summed E-state index contributed by atoms with van der Waals surface area (Å²) in [5.41, 5.74) is 0.547. The van der Waals surface area contributed by atoms with E-state index in [1.54, 1.807) is 18.3 Å². The summed E-state index contributed by atoms with van der Waals surface area (Å²) in [7, 11) is 0.181. The largest absolute Gasteiger partial charge is 0.363 e. The third kappa shape index (κ3) is 3.22. The Hall–Kier alpha value is -1.67. The van der Waals surface area contributed by atoms with Crippen molar-refractivity contribution in [3.05, 3.63) is 18.3 Å². The van der Waals surface area contributed by atoms with Gasteiger partial charge in [0.15, 0.2) is 14.6 Å². The van der Waals surface area contributed by atoms with Crippen LogP contribution in [0.3, 0.4) is 0 Å².